The maximum absolute atomic E-state index is 12.8. The van der Waals surface area contributed by atoms with Crippen LogP contribution in [0.15, 0.2) is 57.8 Å². The number of methoxy groups -OCH3 is 1. The van der Waals surface area contributed by atoms with Crippen LogP contribution in [0.1, 0.15) is 16.6 Å². The second-order valence-corrected chi connectivity index (χ2v) is 8.61. The van der Waals surface area contributed by atoms with E-state index in [4.69, 9.17) is 21.1 Å². The summed E-state index contributed by atoms with van der Waals surface area (Å²) in [6.45, 7) is 2.30. The average molecular weight is 453 g/mol. The van der Waals surface area contributed by atoms with Gasteiger partial charge in [0.2, 0.25) is 4.80 Å². The van der Waals surface area contributed by atoms with Crippen molar-refractivity contribution >= 4 is 39.2 Å². The molecule has 0 atom stereocenters. The van der Waals surface area contributed by atoms with E-state index in [-0.39, 0.29) is 19.7 Å². The zero-order chi connectivity index (χ0) is 21.0. The van der Waals surface area contributed by atoms with Crippen molar-refractivity contribution in [1.29, 1.82) is 0 Å². The Bertz CT molecular complexity index is 1200. The SMILES string of the molecule is CCOc1ccc(S(=O)(=O)N=c2sc(C=O)c(Cl)n2-c2ccccc2OC)cc1. The lowest BCUT2D eigenvalue weighted by atomic mass is 10.3. The van der Waals surface area contributed by atoms with Gasteiger partial charge in [-0.2, -0.15) is 8.42 Å². The largest absolute Gasteiger partial charge is 0.495 e. The van der Waals surface area contributed by atoms with Crippen LogP contribution in [-0.2, 0) is 10.0 Å². The number of aldehydes is 1. The first kappa shape index (κ1) is 21.1. The molecule has 10 heteroatoms. The van der Waals surface area contributed by atoms with Crippen LogP contribution in [0.4, 0.5) is 0 Å². The Morgan fingerprint density at radius 3 is 2.48 bits per heavy atom. The van der Waals surface area contributed by atoms with Crippen molar-refractivity contribution in [3.05, 3.63) is 63.4 Å². The van der Waals surface area contributed by atoms with E-state index in [1.807, 2.05) is 6.92 Å². The fraction of sp³-hybridized carbons (Fsp3) is 0.158. The summed E-state index contributed by atoms with van der Waals surface area (Å²) in [6, 6.07) is 12.8. The highest BCUT2D eigenvalue weighted by Crippen LogP contribution is 2.28. The van der Waals surface area contributed by atoms with Crippen LogP contribution in [-0.4, -0.2) is 33.0 Å². The van der Waals surface area contributed by atoms with Crippen molar-refractivity contribution in [3.63, 3.8) is 0 Å². The van der Waals surface area contributed by atoms with Crippen LogP contribution >= 0.6 is 22.9 Å². The lowest BCUT2D eigenvalue weighted by Crippen LogP contribution is -2.16. The molecule has 0 radical (unpaired) electrons. The highest BCUT2D eigenvalue weighted by atomic mass is 35.5. The number of hydrogen-bond donors (Lipinski definition) is 0. The molecule has 29 heavy (non-hydrogen) atoms. The molecule has 0 amide bonds. The number of carbonyl (C=O) groups excluding carboxylic acids is 1. The number of carbonyl (C=O) groups is 1. The van der Waals surface area contributed by atoms with Gasteiger partial charge in [0.05, 0.1) is 24.3 Å². The van der Waals surface area contributed by atoms with E-state index in [0.717, 1.165) is 11.3 Å². The number of thiazole rings is 1. The van der Waals surface area contributed by atoms with Crippen LogP contribution in [0, 0.1) is 0 Å². The van der Waals surface area contributed by atoms with E-state index in [0.29, 0.717) is 30.1 Å². The molecule has 2 aromatic carbocycles. The first-order valence-electron chi connectivity index (χ1n) is 8.45. The highest BCUT2D eigenvalue weighted by Gasteiger charge is 2.19. The van der Waals surface area contributed by atoms with Crippen molar-refractivity contribution in [2.45, 2.75) is 11.8 Å². The van der Waals surface area contributed by atoms with Gasteiger partial charge >= 0.3 is 0 Å². The molecule has 0 unspecified atom stereocenters. The molecule has 3 aromatic rings. The number of halogens is 1. The number of sulfonamides is 1. The summed E-state index contributed by atoms with van der Waals surface area (Å²) in [5, 5.41) is 0.0511. The number of rotatable bonds is 7. The average Bonchev–Trinajstić information content (AvgIpc) is 3.02. The molecule has 0 spiro atoms. The van der Waals surface area contributed by atoms with Gasteiger partial charge in [0.25, 0.3) is 10.0 Å². The minimum absolute atomic E-state index is 0.00953. The van der Waals surface area contributed by atoms with E-state index in [1.165, 1.54) is 23.8 Å². The van der Waals surface area contributed by atoms with Gasteiger partial charge in [-0.3, -0.25) is 9.36 Å². The van der Waals surface area contributed by atoms with Crippen molar-refractivity contribution in [2.75, 3.05) is 13.7 Å². The lowest BCUT2D eigenvalue weighted by Gasteiger charge is -2.10. The molecule has 0 aliphatic heterocycles. The molecule has 1 aromatic heterocycles. The quantitative estimate of drug-likeness (QED) is 0.510. The fourth-order valence-electron chi connectivity index (χ4n) is 2.57. The topological polar surface area (TPSA) is 87.0 Å². The number of hydrogen-bond acceptors (Lipinski definition) is 6. The maximum Gasteiger partial charge on any atom is 0.285 e. The Morgan fingerprint density at radius 1 is 1.17 bits per heavy atom. The van der Waals surface area contributed by atoms with Gasteiger partial charge in [-0.1, -0.05) is 35.1 Å². The molecule has 0 saturated heterocycles. The Balaban J connectivity index is 2.20. The van der Waals surface area contributed by atoms with Crippen LogP contribution in [0.25, 0.3) is 5.69 Å². The Hall–Kier alpha value is -2.62. The van der Waals surface area contributed by atoms with Gasteiger partial charge in [0.1, 0.15) is 21.5 Å². The molecular weight excluding hydrogens is 436 g/mol. The number of nitrogens with zero attached hydrogens (tertiary/aromatic N) is 2. The van der Waals surface area contributed by atoms with Crippen molar-refractivity contribution in [2.24, 2.45) is 4.40 Å². The number of aromatic nitrogens is 1. The van der Waals surface area contributed by atoms with Crippen LogP contribution in [0.2, 0.25) is 5.15 Å². The van der Waals surface area contributed by atoms with Crippen LogP contribution < -0.4 is 14.3 Å². The van der Waals surface area contributed by atoms with Crippen LogP contribution in [0.3, 0.4) is 0 Å². The van der Waals surface area contributed by atoms with Gasteiger partial charge in [-0.05, 0) is 43.3 Å². The first-order valence-corrected chi connectivity index (χ1v) is 11.1. The molecule has 0 aliphatic rings. The number of benzene rings is 2. The van der Waals surface area contributed by atoms with Crippen LogP contribution in [0.5, 0.6) is 11.5 Å². The monoisotopic (exact) mass is 452 g/mol. The maximum atomic E-state index is 12.8. The zero-order valence-electron chi connectivity index (χ0n) is 15.5. The third-order valence-electron chi connectivity index (χ3n) is 3.86. The zero-order valence-corrected chi connectivity index (χ0v) is 17.9. The van der Waals surface area contributed by atoms with E-state index >= 15 is 0 Å². The van der Waals surface area contributed by atoms with Gasteiger partial charge in [0, 0.05) is 0 Å². The minimum atomic E-state index is -4.06. The summed E-state index contributed by atoms with van der Waals surface area (Å²) in [6.07, 6.45) is 0.557. The van der Waals surface area contributed by atoms with E-state index < -0.39 is 10.0 Å². The normalized spacial score (nSPS) is 12.0. The molecule has 1 heterocycles. The fourth-order valence-corrected chi connectivity index (χ4v) is 4.96. The molecule has 0 N–H and O–H groups in total. The third kappa shape index (κ3) is 4.36. The summed E-state index contributed by atoms with van der Waals surface area (Å²) in [4.78, 5) is 11.6. The predicted octanol–water partition coefficient (Wildman–Crippen LogP) is 3.70. The Labute approximate surface area is 176 Å². The van der Waals surface area contributed by atoms with E-state index in [2.05, 4.69) is 4.40 Å². The molecular formula is C19H17ClN2O5S2. The van der Waals surface area contributed by atoms with Crippen molar-refractivity contribution in [3.8, 4) is 17.2 Å². The van der Waals surface area contributed by atoms with Gasteiger partial charge in [0.15, 0.2) is 6.29 Å². The highest BCUT2D eigenvalue weighted by molar-refractivity contribution is 7.90. The summed E-state index contributed by atoms with van der Waals surface area (Å²) in [5.41, 5.74) is 0.463. The molecule has 0 fully saturated rings. The Morgan fingerprint density at radius 2 is 1.86 bits per heavy atom. The second kappa shape index (κ2) is 8.81. The summed E-state index contributed by atoms with van der Waals surface area (Å²) < 4.78 is 41.7. The molecule has 0 aliphatic carbocycles. The van der Waals surface area contributed by atoms with E-state index in [9.17, 15) is 13.2 Å². The standard InChI is InChI=1S/C19H17ClN2O5S2/c1-3-27-13-8-10-14(11-9-13)29(24,25)21-19-22(18(20)17(12-23)28-19)15-6-4-5-7-16(15)26-2/h4-12H,3H2,1-2H3. The number of para-hydroxylation sites is 2. The number of ether oxygens (including phenoxy) is 2. The molecule has 3 rings (SSSR count). The Kier molecular flexibility index (Phi) is 6.41. The predicted molar refractivity (Wildman–Crippen MR) is 111 cm³/mol. The summed E-state index contributed by atoms with van der Waals surface area (Å²) >= 11 is 7.21. The first-order chi connectivity index (χ1) is 13.9. The smallest absolute Gasteiger partial charge is 0.285 e. The minimum Gasteiger partial charge on any atom is -0.495 e. The molecule has 152 valence electrons. The van der Waals surface area contributed by atoms with Crippen molar-refractivity contribution < 1.29 is 22.7 Å². The lowest BCUT2D eigenvalue weighted by molar-refractivity contribution is 0.112. The second-order valence-electron chi connectivity index (χ2n) is 5.64. The molecule has 0 saturated carbocycles. The van der Waals surface area contributed by atoms with Crippen molar-refractivity contribution in [1.82, 2.24) is 4.57 Å². The van der Waals surface area contributed by atoms with Gasteiger partial charge < -0.3 is 9.47 Å². The van der Waals surface area contributed by atoms with Gasteiger partial charge in [-0.25, -0.2) is 0 Å². The summed E-state index contributed by atoms with van der Waals surface area (Å²) in [7, 11) is -2.58. The van der Waals surface area contributed by atoms with Gasteiger partial charge in [-0.15, -0.1) is 4.40 Å². The molecule has 0 bridgehead atoms. The summed E-state index contributed by atoms with van der Waals surface area (Å²) in [5.74, 6) is 1.00. The molecule has 7 nitrogen and oxygen atoms in total. The third-order valence-corrected chi connectivity index (χ3v) is 6.70. The van der Waals surface area contributed by atoms with E-state index in [1.54, 1.807) is 36.4 Å².